The van der Waals surface area contributed by atoms with Crippen LogP contribution < -0.4 is 5.32 Å². The first-order valence-electron chi connectivity index (χ1n) is 4.79. The Hall–Kier alpha value is -1.40. The molecular weight excluding hydrogens is 230 g/mol. The third-order valence-electron chi connectivity index (χ3n) is 1.94. The van der Waals surface area contributed by atoms with Crippen LogP contribution in [0.1, 0.15) is 11.3 Å². The second-order valence-corrected chi connectivity index (χ2v) is 4.28. The first-order valence-corrected chi connectivity index (χ1v) is 5.67. The Morgan fingerprint density at radius 1 is 1.50 bits per heavy atom. The van der Waals surface area contributed by atoms with Crippen LogP contribution in [0, 0.1) is 0 Å². The van der Waals surface area contributed by atoms with Gasteiger partial charge in [0.2, 0.25) is 5.91 Å². The van der Waals surface area contributed by atoms with E-state index in [0.717, 1.165) is 4.88 Å². The van der Waals surface area contributed by atoms with Crippen molar-refractivity contribution in [3.05, 3.63) is 22.4 Å². The third kappa shape index (κ3) is 4.41. The van der Waals surface area contributed by atoms with E-state index < -0.39 is 12.1 Å². The van der Waals surface area contributed by atoms with E-state index in [1.165, 1.54) is 11.3 Å². The van der Waals surface area contributed by atoms with Crippen molar-refractivity contribution in [2.75, 3.05) is 6.54 Å². The molecule has 1 aromatic rings. The number of rotatable bonds is 6. The number of nitrogens with one attached hydrogen (secondary N) is 1. The molecule has 0 bridgehead atoms. The van der Waals surface area contributed by atoms with Crippen LogP contribution in [0.25, 0.3) is 0 Å². The highest BCUT2D eigenvalue weighted by Crippen LogP contribution is 2.08. The molecule has 1 heterocycles. The molecule has 3 N–H and O–H groups in total. The van der Waals surface area contributed by atoms with Gasteiger partial charge in [-0.05, 0) is 11.4 Å². The van der Waals surface area contributed by atoms with Gasteiger partial charge in [0.25, 0.3) is 0 Å². The number of carboxylic acids is 1. The first-order chi connectivity index (χ1) is 7.59. The molecule has 0 radical (unpaired) electrons. The lowest BCUT2D eigenvalue weighted by atomic mass is 10.2. The summed E-state index contributed by atoms with van der Waals surface area (Å²) in [5, 5.41) is 21.8. The number of amides is 1. The van der Waals surface area contributed by atoms with Gasteiger partial charge in [-0.1, -0.05) is 6.07 Å². The summed E-state index contributed by atoms with van der Waals surface area (Å²) in [7, 11) is 0. The van der Waals surface area contributed by atoms with Crippen LogP contribution in [0.15, 0.2) is 17.5 Å². The molecule has 1 rings (SSSR count). The molecular formula is C10H13NO4S. The van der Waals surface area contributed by atoms with Crippen molar-refractivity contribution in [1.82, 2.24) is 5.32 Å². The van der Waals surface area contributed by atoms with Crippen molar-refractivity contribution in [2.24, 2.45) is 0 Å². The molecule has 1 amide bonds. The van der Waals surface area contributed by atoms with Gasteiger partial charge in [-0.25, -0.2) is 4.79 Å². The monoisotopic (exact) mass is 243 g/mol. The predicted octanol–water partition coefficient (Wildman–Crippen LogP) is 0.242. The number of thiophene rings is 1. The van der Waals surface area contributed by atoms with Gasteiger partial charge in [0.05, 0.1) is 6.42 Å². The van der Waals surface area contributed by atoms with Gasteiger partial charge in [0.15, 0.2) is 6.10 Å². The topological polar surface area (TPSA) is 86.6 Å². The zero-order valence-corrected chi connectivity index (χ0v) is 9.37. The van der Waals surface area contributed by atoms with Crippen molar-refractivity contribution in [2.45, 2.75) is 18.9 Å². The van der Waals surface area contributed by atoms with Crippen molar-refractivity contribution >= 4 is 23.2 Å². The van der Waals surface area contributed by atoms with Crippen LogP contribution in [0.5, 0.6) is 0 Å². The SMILES string of the molecule is O=C(Cc1cccs1)NCCC(O)C(=O)O. The van der Waals surface area contributed by atoms with E-state index in [4.69, 9.17) is 10.2 Å². The van der Waals surface area contributed by atoms with E-state index in [-0.39, 0.29) is 18.9 Å². The second-order valence-electron chi connectivity index (χ2n) is 3.25. The first kappa shape index (κ1) is 12.7. The minimum atomic E-state index is -1.41. The average molecular weight is 243 g/mol. The molecule has 0 aromatic carbocycles. The van der Waals surface area contributed by atoms with E-state index in [2.05, 4.69) is 5.32 Å². The number of aliphatic carboxylic acids is 1. The van der Waals surface area contributed by atoms with Crippen LogP contribution >= 0.6 is 11.3 Å². The summed E-state index contributed by atoms with van der Waals surface area (Å²) in [6, 6.07) is 3.72. The predicted molar refractivity (Wildman–Crippen MR) is 59.3 cm³/mol. The molecule has 0 aliphatic rings. The van der Waals surface area contributed by atoms with Crippen molar-refractivity contribution in [3.8, 4) is 0 Å². The van der Waals surface area contributed by atoms with Gasteiger partial charge in [0.1, 0.15) is 0 Å². The summed E-state index contributed by atoms with van der Waals surface area (Å²) < 4.78 is 0. The van der Waals surface area contributed by atoms with Gasteiger partial charge >= 0.3 is 5.97 Å². The summed E-state index contributed by atoms with van der Waals surface area (Å²) in [5.41, 5.74) is 0. The van der Waals surface area contributed by atoms with Gasteiger partial charge in [-0.2, -0.15) is 0 Å². The maximum Gasteiger partial charge on any atom is 0.332 e. The minimum absolute atomic E-state index is 0.0194. The molecule has 0 aliphatic carbocycles. The zero-order valence-electron chi connectivity index (χ0n) is 8.55. The maximum atomic E-state index is 11.3. The van der Waals surface area contributed by atoms with Gasteiger partial charge in [-0.15, -0.1) is 11.3 Å². The highest BCUT2D eigenvalue weighted by molar-refractivity contribution is 7.10. The van der Waals surface area contributed by atoms with Crippen LogP contribution in [-0.4, -0.2) is 34.7 Å². The van der Waals surface area contributed by atoms with Crippen LogP contribution in [-0.2, 0) is 16.0 Å². The quantitative estimate of drug-likeness (QED) is 0.668. The molecule has 0 saturated carbocycles. The number of aliphatic hydroxyl groups excluding tert-OH is 1. The number of carbonyl (C=O) groups excluding carboxylic acids is 1. The number of aliphatic hydroxyl groups is 1. The Balaban J connectivity index is 2.18. The molecule has 0 saturated heterocycles. The lowest BCUT2D eigenvalue weighted by molar-refractivity contribution is -0.147. The lowest BCUT2D eigenvalue weighted by Crippen LogP contribution is -2.30. The molecule has 16 heavy (non-hydrogen) atoms. The standard InChI is InChI=1S/C10H13NO4S/c12-8(10(14)15)3-4-11-9(13)6-7-2-1-5-16-7/h1-2,5,8,12H,3-4,6H2,(H,11,13)(H,14,15). The van der Waals surface area contributed by atoms with E-state index in [1.807, 2.05) is 17.5 Å². The number of carbonyl (C=O) groups is 2. The Bertz CT molecular complexity index is 350. The number of carboxylic acid groups (broad SMARTS) is 1. The smallest absolute Gasteiger partial charge is 0.332 e. The molecule has 6 heteroatoms. The number of hydrogen-bond donors (Lipinski definition) is 3. The summed E-state index contributed by atoms with van der Waals surface area (Å²) in [6.07, 6.45) is -1.10. The second kappa shape index (κ2) is 6.24. The maximum absolute atomic E-state index is 11.3. The summed E-state index contributed by atoms with van der Waals surface area (Å²) in [4.78, 5) is 22.6. The van der Waals surface area contributed by atoms with E-state index >= 15 is 0 Å². The highest BCUT2D eigenvalue weighted by atomic mass is 32.1. The molecule has 0 aliphatic heterocycles. The fraction of sp³-hybridized carbons (Fsp3) is 0.400. The number of hydrogen-bond acceptors (Lipinski definition) is 4. The molecule has 5 nitrogen and oxygen atoms in total. The van der Waals surface area contributed by atoms with Gasteiger partial charge < -0.3 is 15.5 Å². The molecule has 88 valence electrons. The normalized spacial score (nSPS) is 12.1. The Kier molecular flexibility index (Phi) is 4.94. The molecule has 0 fully saturated rings. The largest absolute Gasteiger partial charge is 0.479 e. The summed E-state index contributed by atoms with van der Waals surface area (Å²) in [6.45, 7) is 0.164. The summed E-state index contributed by atoms with van der Waals surface area (Å²) >= 11 is 1.49. The molecule has 1 unspecified atom stereocenters. The Morgan fingerprint density at radius 2 is 2.25 bits per heavy atom. The van der Waals surface area contributed by atoms with Crippen LogP contribution in [0.2, 0.25) is 0 Å². The molecule has 1 aromatic heterocycles. The van der Waals surface area contributed by atoms with E-state index in [1.54, 1.807) is 0 Å². The van der Waals surface area contributed by atoms with Crippen molar-refractivity contribution < 1.29 is 19.8 Å². The fourth-order valence-electron chi connectivity index (χ4n) is 1.11. The van der Waals surface area contributed by atoms with Gasteiger partial charge in [-0.3, -0.25) is 4.79 Å². The minimum Gasteiger partial charge on any atom is -0.479 e. The van der Waals surface area contributed by atoms with E-state index in [0.29, 0.717) is 6.42 Å². The summed E-state index contributed by atoms with van der Waals surface area (Å²) in [5.74, 6) is -1.44. The van der Waals surface area contributed by atoms with Crippen LogP contribution in [0.3, 0.4) is 0 Å². The van der Waals surface area contributed by atoms with Crippen molar-refractivity contribution in [1.29, 1.82) is 0 Å². The Labute approximate surface area is 96.7 Å². The third-order valence-corrected chi connectivity index (χ3v) is 2.82. The highest BCUT2D eigenvalue weighted by Gasteiger charge is 2.12. The fourth-order valence-corrected chi connectivity index (χ4v) is 1.81. The molecule has 1 atom stereocenters. The lowest BCUT2D eigenvalue weighted by Gasteiger charge is -2.06. The zero-order chi connectivity index (χ0) is 12.0. The van der Waals surface area contributed by atoms with E-state index in [9.17, 15) is 9.59 Å². The average Bonchev–Trinajstić information content (AvgIpc) is 2.70. The Morgan fingerprint density at radius 3 is 2.81 bits per heavy atom. The van der Waals surface area contributed by atoms with Crippen LogP contribution in [0.4, 0.5) is 0 Å². The van der Waals surface area contributed by atoms with Crippen molar-refractivity contribution in [3.63, 3.8) is 0 Å². The van der Waals surface area contributed by atoms with Gasteiger partial charge in [0, 0.05) is 17.8 Å². The molecule has 0 spiro atoms.